The summed E-state index contributed by atoms with van der Waals surface area (Å²) in [6.07, 6.45) is 1.56. The molecule has 0 radical (unpaired) electrons. The molecule has 0 saturated carbocycles. The van der Waals surface area contributed by atoms with Crippen molar-refractivity contribution in [3.05, 3.63) is 59.7 Å². The van der Waals surface area contributed by atoms with Gasteiger partial charge in [0, 0.05) is 18.7 Å². The number of ether oxygens (including phenoxy) is 1. The molecule has 0 N–H and O–H groups in total. The summed E-state index contributed by atoms with van der Waals surface area (Å²) in [6, 6.07) is 16.7. The maximum Gasteiger partial charge on any atom is 0.132 e. The number of carbonyl (C=O) groups is 1. The van der Waals surface area contributed by atoms with Gasteiger partial charge in [0.15, 0.2) is 0 Å². The standard InChI is InChI=1S/C19H21NO2/c1-14(21)13-19-18-6-4-3-5-15(18)11-12-20(19)16-7-9-17(22-2)10-8-16/h3-10,19H,11-13H2,1-2H3. The highest BCUT2D eigenvalue weighted by molar-refractivity contribution is 5.77. The number of carbonyl (C=O) groups excluding carboxylic acids is 1. The van der Waals surface area contributed by atoms with E-state index in [9.17, 15) is 4.79 Å². The number of hydrogen-bond donors (Lipinski definition) is 0. The van der Waals surface area contributed by atoms with Crippen LogP contribution in [0.25, 0.3) is 0 Å². The second kappa shape index (κ2) is 6.22. The van der Waals surface area contributed by atoms with Crippen LogP contribution in [0.1, 0.15) is 30.5 Å². The lowest BCUT2D eigenvalue weighted by atomic mass is 9.89. The molecule has 22 heavy (non-hydrogen) atoms. The van der Waals surface area contributed by atoms with Gasteiger partial charge in [-0.2, -0.15) is 0 Å². The Morgan fingerprint density at radius 3 is 2.59 bits per heavy atom. The molecule has 0 fully saturated rings. The SMILES string of the molecule is COc1ccc(N2CCc3ccccc3C2CC(C)=O)cc1. The average molecular weight is 295 g/mol. The van der Waals surface area contributed by atoms with E-state index in [4.69, 9.17) is 4.74 Å². The van der Waals surface area contributed by atoms with E-state index in [0.717, 1.165) is 24.4 Å². The summed E-state index contributed by atoms with van der Waals surface area (Å²) >= 11 is 0. The lowest BCUT2D eigenvalue weighted by Crippen LogP contribution is -2.36. The van der Waals surface area contributed by atoms with Gasteiger partial charge in [-0.1, -0.05) is 24.3 Å². The zero-order chi connectivity index (χ0) is 15.5. The minimum atomic E-state index is 0.121. The first-order valence-electron chi connectivity index (χ1n) is 7.67. The van der Waals surface area contributed by atoms with Crippen LogP contribution in [0.3, 0.4) is 0 Å². The van der Waals surface area contributed by atoms with Gasteiger partial charge >= 0.3 is 0 Å². The number of rotatable bonds is 4. The van der Waals surface area contributed by atoms with Crippen molar-refractivity contribution in [2.24, 2.45) is 0 Å². The quantitative estimate of drug-likeness (QED) is 0.859. The summed E-state index contributed by atoms with van der Waals surface area (Å²) in [5.74, 6) is 1.07. The number of benzene rings is 2. The van der Waals surface area contributed by atoms with Crippen LogP contribution in [-0.4, -0.2) is 19.4 Å². The van der Waals surface area contributed by atoms with Gasteiger partial charge in [0.05, 0.1) is 13.2 Å². The number of ketones is 1. The van der Waals surface area contributed by atoms with Gasteiger partial charge in [-0.15, -0.1) is 0 Å². The Morgan fingerprint density at radius 2 is 1.91 bits per heavy atom. The molecule has 0 aromatic heterocycles. The topological polar surface area (TPSA) is 29.5 Å². The molecule has 0 saturated heterocycles. The predicted molar refractivity (Wildman–Crippen MR) is 88.5 cm³/mol. The molecule has 2 aromatic rings. The Morgan fingerprint density at radius 1 is 1.18 bits per heavy atom. The Kier molecular flexibility index (Phi) is 4.14. The van der Waals surface area contributed by atoms with Crippen molar-refractivity contribution < 1.29 is 9.53 Å². The van der Waals surface area contributed by atoms with Crippen LogP contribution in [0.4, 0.5) is 5.69 Å². The third-order valence-electron chi connectivity index (χ3n) is 4.30. The first-order valence-corrected chi connectivity index (χ1v) is 7.67. The van der Waals surface area contributed by atoms with Gasteiger partial charge in [-0.25, -0.2) is 0 Å². The van der Waals surface area contributed by atoms with Crippen molar-refractivity contribution >= 4 is 11.5 Å². The summed E-state index contributed by atoms with van der Waals surface area (Å²) in [5, 5.41) is 0. The van der Waals surface area contributed by atoms with Gasteiger partial charge in [-0.3, -0.25) is 4.79 Å². The van der Waals surface area contributed by atoms with Crippen LogP contribution in [0.5, 0.6) is 5.75 Å². The molecule has 0 bridgehead atoms. The molecule has 3 heteroatoms. The van der Waals surface area contributed by atoms with E-state index in [0.29, 0.717) is 6.42 Å². The summed E-state index contributed by atoms with van der Waals surface area (Å²) in [7, 11) is 1.67. The summed E-state index contributed by atoms with van der Waals surface area (Å²) in [6.45, 7) is 2.60. The number of anilines is 1. The molecule has 1 unspecified atom stereocenters. The van der Waals surface area contributed by atoms with Crippen LogP contribution in [-0.2, 0) is 11.2 Å². The lowest BCUT2D eigenvalue weighted by Gasteiger charge is -2.38. The highest BCUT2D eigenvalue weighted by Crippen LogP contribution is 2.36. The minimum absolute atomic E-state index is 0.121. The van der Waals surface area contributed by atoms with Gasteiger partial charge in [-0.05, 0) is 48.7 Å². The third-order valence-corrected chi connectivity index (χ3v) is 4.30. The van der Waals surface area contributed by atoms with Crippen molar-refractivity contribution in [1.29, 1.82) is 0 Å². The molecule has 0 aliphatic carbocycles. The van der Waals surface area contributed by atoms with Gasteiger partial charge in [0.1, 0.15) is 11.5 Å². The Balaban J connectivity index is 1.97. The van der Waals surface area contributed by atoms with Crippen LogP contribution in [0.15, 0.2) is 48.5 Å². The van der Waals surface area contributed by atoms with Crippen molar-refractivity contribution in [1.82, 2.24) is 0 Å². The number of fused-ring (bicyclic) bond motifs is 1. The number of nitrogens with zero attached hydrogens (tertiary/aromatic N) is 1. The average Bonchev–Trinajstić information content (AvgIpc) is 2.55. The van der Waals surface area contributed by atoms with E-state index in [-0.39, 0.29) is 11.8 Å². The van der Waals surface area contributed by atoms with Crippen molar-refractivity contribution in [2.45, 2.75) is 25.8 Å². The molecule has 3 nitrogen and oxygen atoms in total. The molecule has 1 atom stereocenters. The van der Waals surface area contributed by atoms with Crippen molar-refractivity contribution in [3.63, 3.8) is 0 Å². The van der Waals surface area contributed by atoms with Gasteiger partial charge in [0.25, 0.3) is 0 Å². The number of Topliss-reactive ketones (excluding diaryl/α,β-unsaturated/α-hetero) is 1. The van der Waals surface area contributed by atoms with Crippen molar-refractivity contribution in [2.75, 3.05) is 18.6 Å². The zero-order valence-electron chi connectivity index (χ0n) is 13.1. The van der Waals surface area contributed by atoms with Crippen LogP contribution >= 0.6 is 0 Å². The molecule has 0 spiro atoms. The van der Waals surface area contributed by atoms with Crippen LogP contribution < -0.4 is 9.64 Å². The fourth-order valence-electron chi connectivity index (χ4n) is 3.23. The fourth-order valence-corrected chi connectivity index (χ4v) is 3.23. The van der Waals surface area contributed by atoms with Gasteiger partial charge < -0.3 is 9.64 Å². The summed E-state index contributed by atoms with van der Waals surface area (Å²) in [4.78, 5) is 14.1. The summed E-state index contributed by atoms with van der Waals surface area (Å²) in [5.41, 5.74) is 3.78. The monoisotopic (exact) mass is 295 g/mol. The largest absolute Gasteiger partial charge is 0.497 e. The third kappa shape index (κ3) is 2.84. The van der Waals surface area contributed by atoms with E-state index >= 15 is 0 Å². The van der Waals surface area contributed by atoms with E-state index in [1.54, 1.807) is 14.0 Å². The maximum atomic E-state index is 11.8. The van der Waals surface area contributed by atoms with E-state index < -0.39 is 0 Å². The normalized spacial score (nSPS) is 17.0. The van der Waals surface area contributed by atoms with Crippen molar-refractivity contribution in [3.8, 4) is 5.75 Å². The van der Waals surface area contributed by atoms with E-state index in [2.05, 4.69) is 41.3 Å². The molecule has 2 aromatic carbocycles. The molecule has 114 valence electrons. The molecular formula is C19H21NO2. The highest BCUT2D eigenvalue weighted by atomic mass is 16.5. The predicted octanol–water partition coefficient (Wildman–Crippen LogP) is 3.78. The second-order valence-electron chi connectivity index (χ2n) is 5.76. The Hall–Kier alpha value is -2.29. The highest BCUT2D eigenvalue weighted by Gasteiger charge is 2.28. The summed E-state index contributed by atoms with van der Waals surface area (Å²) < 4.78 is 5.23. The van der Waals surface area contributed by atoms with Crippen LogP contribution in [0.2, 0.25) is 0 Å². The molecule has 1 aliphatic rings. The van der Waals surface area contributed by atoms with E-state index in [1.165, 1.54) is 11.1 Å². The lowest BCUT2D eigenvalue weighted by molar-refractivity contribution is -0.117. The number of methoxy groups -OCH3 is 1. The molecule has 1 heterocycles. The first-order chi connectivity index (χ1) is 10.7. The maximum absolute atomic E-state index is 11.8. The Bertz CT molecular complexity index is 663. The molecule has 0 amide bonds. The fraction of sp³-hybridized carbons (Fsp3) is 0.316. The van der Waals surface area contributed by atoms with E-state index in [1.807, 2.05) is 12.1 Å². The second-order valence-corrected chi connectivity index (χ2v) is 5.76. The Labute approximate surface area is 131 Å². The van der Waals surface area contributed by atoms with Gasteiger partial charge in [0.2, 0.25) is 0 Å². The first kappa shape index (κ1) is 14.6. The van der Waals surface area contributed by atoms with Crippen LogP contribution in [0, 0.1) is 0 Å². The molecular weight excluding hydrogens is 274 g/mol. The number of hydrogen-bond acceptors (Lipinski definition) is 3. The minimum Gasteiger partial charge on any atom is -0.497 e. The molecule has 1 aliphatic heterocycles. The molecule has 3 rings (SSSR count). The zero-order valence-corrected chi connectivity index (χ0v) is 13.1. The smallest absolute Gasteiger partial charge is 0.132 e.